The maximum absolute atomic E-state index is 13.0. The Morgan fingerprint density at radius 2 is 1.66 bits per heavy atom. The molecule has 1 aromatic heterocycles. The Morgan fingerprint density at radius 1 is 0.938 bits per heavy atom. The molecule has 32 heavy (non-hydrogen) atoms. The molecule has 1 heterocycles. The highest BCUT2D eigenvalue weighted by Gasteiger charge is 2.11. The van der Waals surface area contributed by atoms with E-state index in [1.165, 1.54) is 29.8 Å². The summed E-state index contributed by atoms with van der Waals surface area (Å²) < 4.78 is 13.0. The standard InChI is InChI=1S/C26H21FN2O2S/c1-17-4-2-3-5-22(17)26-29-23(16-32-26)18-8-12-21(13-9-18)28-25(31)15-14-24(30)19-6-10-20(27)11-7-19/h2-13,16H,14-15H2,1H3,(H,28,31). The Balaban J connectivity index is 1.35. The summed E-state index contributed by atoms with van der Waals surface area (Å²) >= 11 is 1.60. The molecule has 0 unspecified atom stereocenters. The first-order chi connectivity index (χ1) is 15.5. The highest BCUT2D eigenvalue weighted by molar-refractivity contribution is 7.13. The average molecular weight is 445 g/mol. The topological polar surface area (TPSA) is 59.1 Å². The SMILES string of the molecule is Cc1ccccc1-c1nc(-c2ccc(NC(=O)CCC(=O)c3ccc(F)cc3)cc2)cs1. The monoisotopic (exact) mass is 444 g/mol. The van der Waals surface area contributed by atoms with Crippen LogP contribution < -0.4 is 5.32 Å². The molecule has 3 aromatic carbocycles. The molecule has 4 rings (SSSR count). The molecule has 4 aromatic rings. The fraction of sp³-hybridized carbons (Fsp3) is 0.115. The third-order valence-corrected chi connectivity index (χ3v) is 5.96. The number of halogens is 1. The molecule has 1 amide bonds. The second-order valence-electron chi connectivity index (χ2n) is 7.41. The summed E-state index contributed by atoms with van der Waals surface area (Å²) in [4.78, 5) is 29.1. The molecule has 0 spiro atoms. The minimum Gasteiger partial charge on any atom is -0.326 e. The van der Waals surface area contributed by atoms with Crippen molar-refractivity contribution >= 4 is 28.7 Å². The van der Waals surface area contributed by atoms with Crippen LogP contribution in [0.5, 0.6) is 0 Å². The van der Waals surface area contributed by atoms with E-state index in [-0.39, 0.29) is 24.5 Å². The minimum atomic E-state index is -0.396. The first-order valence-corrected chi connectivity index (χ1v) is 11.1. The average Bonchev–Trinajstić information content (AvgIpc) is 3.29. The van der Waals surface area contributed by atoms with Gasteiger partial charge < -0.3 is 5.32 Å². The number of ketones is 1. The summed E-state index contributed by atoms with van der Waals surface area (Å²) in [6.45, 7) is 2.07. The Bertz CT molecular complexity index is 1250. The number of Topliss-reactive ketones (excluding diaryl/α,β-unsaturated/α-hetero) is 1. The number of carbonyl (C=O) groups is 2. The van der Waals surface area contributed by atoms with Gasteiger partial charge in [-0.2, -0.15) is 0 Å². The summed E-state index contributed by atoms with van der Waals surface area (Å²) in [5, 5.41) is 5.80. The van der Waals surface area contributed by atoms with Crippen LogP contribution in [0.1, 0.15) is 28.8 Å². The van der Waals surface area contributed by atoms with Crippen LogP contribution in [0.2, 0.25) is 0 Å². The number of thiazole rings is 1. The van der Waals surface area contributed by atoms with Gasteiger partial charge in [-0.1, -0.05) is 36.4 Å². The molecular formula is C26H21FN2O2S. The van der Waals surface area contributed by atoms with Crippen molar-refractivity contribution in [1.82, 2.24) is 4.98 Å². The molecule has 0 saturated heterocycles. The minimum absolute atomic E-state index is 0.0594. The van der Waals surface area contributed by atoms with Crippen LogP contribution in [-0.2, 0) is 4.79 Å². The Kier molecular flexibility index (Phi) is 6.52. The van der Waals surface area contributed by atoms with E-state index in [0.717, 1.165) is 21.8 Å². The molecule has 0 atom stereocenters. The number of amides is 1. The second-order valence-corrected chi connectivity index (χ2v) is 8.27. The molecule has 0 fully saturated rings. The fourth-order valence-electron chi connectivity index (χ4n) is 3.30. The molecule has 4 nitrogen and oxygen atoms in total. The predicted octanol–water partition coefficient (Wildman–Crippen LogP) is 6.53. The number of hydrogen-bond acceptors (Lipinski definition) is 4. The van der Waals surface area contributed by atoms with Gasteiger partial charge >= 0.3 is 0 Å². The van der Waals surface area contributed by atoms with Crippen LogP contribution in [0.4, 0.5) is 10.1 Å². The Hall–Kier alpha value is -3.64. The van der Waals surface area contributed by atoms with Crippen LogP contribution in [-0.4, -0.2) is 16.7 Å². The van der Waals surface area contributed by atoms with Gasteiger partial charge in [-0.05, 0) is 48.9 Å². The third-order valence-electron chi connectivity index (χ3n) is 5.09. The van der Waals surface area contributed by atoms with Gasteiger partial charge in [0.25, 0.3) is 0 Å². The molecule has 0 aliphatic rings. The van der Waals surface area contributed by atoms with Crippen LogP contribution in [0.3, 0.4) is 0 Å². The summed E-state index contributed by atoms with van der Waals surface area (Å²) in [6, 6.07) is 21.0. The lowest BCUT2D eigenvalue weighted by Crippen LogP contribution is -2.13. The number of carbonyl (C=O) groups excluding carboxylic acids is 2. The number of nitrogens with one attached hydrogen (secondary N) is 1. The van der Waals surface area contributed by atoms with E-state index in [2.05, 4.69) is 24.4 Å². The zero-order valence-electron chi connectivity index (χ0n) is 17.5. The number of rotatable bonds is 7. The largest absolute Gasteiger partial charge is 0.326 e. The molecule has 160 valence electrons. The zero-order valence-corrected chi connectivity index (χ0v) is 18.3. The van der Waals surface area contributed by atoms with Crippen molar-refractivity contribution in [1.29, 1.82) is 0 Å². The summed E-state index contributed by atoms with van der Waals surface area (Å²) in [7, 11) is 0. The van der Waals surface area contributed by atoms with Crippen LogP contribution in [0.15, 0.2) is 78.2 Å². The van der Waals surface area contributed by atoms with Crippen molar-refractivity contribution in [2.24, 2.45) is 0 Å². The maximum Gasteiger partial charge on any atom is 0.224 e. The quantitative estimate of drug-likeness (QED) is 0.330. The van der Waals surface area contributed by atoms with Gasteiger partial charge in [0.05, 0.1) is 5.69 Å². The van der Waals surface area contributed by atoms with Gasteiger partial charge in [0.15, 0.2) is 5.78 Å². The van der Waals surface area contributed by atoms with Gasteiger partial charge in [0, 0.05) is 40.6 Å². The van der Waals surface area contributed by atoms with Gasteiger partial charge in [0.1, 0.15) is 10.8 Å². The first kappa shape index (κ1) is 21.6. The molecule has 0 saturated carbocycles. The number of hydrogen-bond donors (Lipinski definition) is 1. The third kappa shape index (κ3) is 5.15. The van der Waals surface area contributed by atoms with Gasteiger partial charge in [-0.25, -0.2) is 9.37 Å². The van der Waals surface area contributed by atoms with E-state index < -0.39 is 5.82 Å². The second kappa shape index (κ2) is 9.66. The number of nitrogens with zero attached hydrogens (tertiary/aromatic N) is 1. The summed E-state index contributed by atoms with van der Waals surface area (Å²) in [5.41, 5.74) is 5.22. The lowest BCUT2D eigenvalue weighted by atomic mass is 10.1. The van der Waals surface area contributed by atoms with Crippen molar-refractivity contribution in [2.45, 2.75) is 19.8 Å². The predicted molar refractivity (Wildman–Crippen MR) is 126 cm³/mol. The lowest BCUT2D eigenvalue weighted by molar-refractivity contribution is -0.116. The van der Waals surface area contributed by atoms with E-state index in [1.54, 1.807) is 11.3 Å². The number of aryl methyl sites for hydroxylation is 1. The molecule has 6 heteroatoms. The molecule has 0 aliphatic heterocycles. The normalized spacial score (nSPS) is 10.7. The fourth-order valence-corrected chi connectivity index (χ4v) is 4.22. The van der Waals surface area contributed by atoms with Crippen LogP contribution in [0, 0.1) is 12.7 Å². The highest BCUT2D eigenvalue weighted by Crippen LogP contribution is 2.31. The number of benzene rings is 3. The van der Waals surface area contributed by atoms with Crippen LogP contribution >= 0.6 is 11.3 Å². The molecular weight excluding hydrogens is 423 g/mol. The smallest absolute Gasteiger partial charge is 0.224 e. The zero-order chi connectivity index (χ0) is 22.5. The summed E-state index contributed by atoms with van der Waals surface area (Å²) in [5.74, 6) is -0.834. The summed E-state index contributed by atoms with van der Waals surface area (Å²) in [6.07, 6.45) is 0.125. The first-order valence-electron chi connectivity index (χ1n) is 10.2. The van der Waals surface area contributed by atoms with Gasteiger partial charge in [-0.15, -0.1) is 11.3 Å². The van der Waals surface area contributed by atoms with E-state index in [9.17, 15) is 14.0 Å². The number of anilines is 1. The Morgan fingerprint density at radius 3 is 2.38 bits per heavy atom. The van der Waals surface area contributed by atoms with Gasteiger partial charge in [-0.3, -0.25) is 9.59 Å². The Labute approximate surface area is 189 Å². The van der Waals surface area contributed by atoms with Crippen molar-refractivity contribution in [3.63, 3.8) is 0 Å². The van der Waals surface area contributed by atoms with E-state index >= 15 is 0 Å². The van der Waals surface area contributed by atoms with Crippen molar-refractivity contribution in [3.05, 3.63) is 95.1 Å². The van der Waals surface area contributed by atoms with E-state index in [1.807, 2.05) is 41.8 Å². The molecule has 0 aliphatic carbocycles. The van der Waals surface area contributed by atoms with Crippen molar-refractivity contribution < 1.29 is 14.0 Å². The van der Waals surface area contributed by atoms with E-state index in [0.29, 0.717) is 11.3 Å². The molecule has 1 N–H and O–H groups in total. The van der Waals surface area contributed by atoms with Crippen molar-refractivity contribution in [3.8, 4) is 21.8 Å². The molecule has 0 radical (unpaired) electrons. The number of aromatic nitrogens is 1. The molecule has 0 bridgehead atoms. The highest BCUT2D eigenvalue weighted by atomic mass is 32.1. The van der Waals surface area contributed by atoms with Crippen LogP contribution in [0.25, 0.3) is 21.8 Å². The lowest BCUT2D eigenvalue weighted by Gasteiger charge is -2.06. The van der Waals surface area contributed by atoms with E-state index in [4.69, 9.17) is 4.98 Å². The maximum atomic E-state index is 13.0. The van der Waals surface area contributed by atoms with Crippen molar-refractivity contribution in [2.75, 3.05) is 5.32 Å². The van der Waals surface area contributed by atoms with Gasteiger partial charge in [0.2, 0.25) is 5.91 Å².